The largest absolute Gasteiger partial charge is 0.497 e. The minimum absolute atomic E-state index is 0.323. The molecule has 0 spiro atoms. The molecule has 2 aromatic carbocycles. The van der Waals surface area contributed by atoms with Crippen molar-refractivity contribution < 1.29 is 17.9 Å². The highest BCUT2D eigenvalue weighted by molar-refractivity contribution is 7.92. The van der Waals surface area contributed by atoms with E-state index in [4.69, 9.17) is 4.74 Å². The maximum Gasteiger partial charge on any atom is 0.243 e. The second-order valence-corrected chi connectivity index (χ2v) is 8.68. The third-order valence-corrected chi connectivity index (χ3v) is 5.69. The second kappa shape index (κ2) is 9.59. The van der Waals surface area contributed by atoms with Gasteiger partial charge in [0.2, 0.25) is 15.9 Å². The summed E-state index contributed by atoms with van der Waals surface area (Å²) in [6.45, 7) is 3.98. The summed E-state index contributed by atoms with van der Waals surface area (Å²) in [5.41, 5.74) is 2.62. The Kier molecular flexibility index (Phi) is 7.45. The molecule has 0 bridgehead atoms. The van der Waals surface area contributed by atoms with Crippen LogP contribution < -0.4 is 14.4 Å². The van der Waals surface area contributed by atoms with Crippen LogP contribution in [0, 0.1) is 6.92 Å². The smallest absolute Gasteiger partial charge is 0.243 e. The van der Waals surface area contributed by atoms with Crippen molar-refractivity contribution in [3.63, 3.8) is 0 Å². The third kappa shape index (κ3) is 5.99. The van der Waals surface area contributed by atoms with E-state index in [9.17, 15) is 13.2 Å². The lowest BCUT2D eigenvalue weighted by molar-refractivity contribution is -0.121. The molecular weight excluding hydrogens is 376 g/mol. The molecule has 1 N–H and O–H groups in total. The quantitative estimate of drug-likeness (QED) is 0.652. The van der Waals surface area contributed by atoms with Gasteiger partial charge < -0.3 is 10.1 Å². The summed E-state index contributed by atoms with van der Waals surface area (Å²) in [5, 5.41) is 2.84. The van der Waals surface area contributed by atoms with Gasteiger partial charge in [-0.1, -0.05) is 29.8 Å². The molecule has 1 amide bonds. The average molecular weight is 405 g/mol. The van der Waals surface area contributed by atoms with Crippen molar-refractivity contribution in [2.45, 2.75) is 32.7 Å². The van der Waals surface area contributed by atoms with Gasteiger partial charge in [0.1, 0.15) is 11.8 Å². The Hall–Kier alpha value is -2.54. The number of hydrogen-bond acceptors (Lipinski definition) is 4. The molecule has 0 aliphatic carbocycles. The average Bonchev–Trinajstić information content (AvgIpc) is 2.65. The fourth-order valence-electron chi connectivity index (χ4n) is 2.98. The van der Waals surface area contributed by atoms with Gasteiger partial charge in [-0.25, -0.2) is 8.42 Å². The summed E-state index contributed by atoms with van der Waals surface area (Å²) in [6.07, 6.45) is 2.65. The van der Waals surface area contributed by atoms with Gasteiger partial charge in [0.25, 0.3) is 0 Å². The lowest BCUT2D eigenvalue weighted by Crippen LogP contribution is -2.48. The van der Waals surface area contributed by atoms with E-state index < -0.39 is 16.1 Å². The lowest BCUT2D eigenvalue weighted by atomic mass is 10.1. The van der Waals surface area contributed by atoms with Crippen LogP contribution in [0.4, 0.5) is 5.69 Å². The highest BCUT2D eigenvalue weighted by Crippen LogP contribution is 2.21. The van der Waals surface area contributed by atoms with E-state index in [2.05, 4.69) is 5.32 Å². The minimum Gasteiger partial charge on any atom is -0.497 e. The number of methoxy groups -OCH3 is 1. The highest BCUT2D eigenvalue weighted by Gasteiger charge is 2.28. The molecule has 2 rings (SSSR count). The van der Waals surface area contributed by atoms with Crippen molar-refractivity contribution in [3.8, 4) is 5.75 Å². The van der Waals surface area contributed by atoms with E-state index >= 15 is 0 Å². The van der Waals surface area contributed by atoms with Gasteiger partial charge in [-0.15, -0.1) is 0 Å². The molecule has 7 heteroatoms. The zero-order valence-electron chi connectivity index (χ0n) is 16.8. The van der Waals surface area contributed by atoms with Crippen LogP contribution in [0.15, 0.2) is 48.5 Å². The molecule has 0 aromatic heterocycles. The summed E-state index contributed by atoms with van der Waals surface area (Å²) >= 11 is 0. The molecule has 0 unspecified atom stereocenters. The fourth-order valence-corrected chi connectivity index (χ4v) is 4.16. The molecule has 0 fully saturated rings. The normalized spacial score (nSPS) is 12.3. The Morgan fingerprint density at radius 1 is 1.18 bits per heavy atom. The first-order valence-electron chi connectivity index (χ1n) is 9.19. The van der Waals surface area contributed by atoms with Crippen LogP contribution in [0.25, 0.3) is 0 Å². The van der Waals surface area contributed by atoms with Gasteiger partial charge in [-0.2, -0.15) is 0 Å². The molecule has 152 valence electrons. The van der Waals surface area contributed by atoms with E-state index in [0.29, 0.717) is 12.2 Å². The van der Waals surface area contributed by atoms with Crippen LogP contribution in [-0.4, -0.2) is 40.3 Å². The number of hydrogen-bond donors (Lipinski definition) is 1. The molecule has 0 aliphatic rings. The first-order valence-corrected chi connectivity index (χ1v) is 11.0. The summed E-state index contributed by atoms with van der Waals surface area (Å²) in [6, 6.07) is 14.0. The number of carbonyl (C=O) groups excluding carboxylic acids is 1. The second-order valence-electron chi connectivity index (χ2n) is 6.82. The molecule has 1 atom stereocenters. The zero-order chi connectivity index (χ0) is 20.7. The van der Waals surface area contributed by atoms with Gasteiger partial charge in [0.15, 0.2) is 0 Å². The van der Waals surface area contributed by atoms with E-state index in [0.717, 1.165) is 40.3 Å². The van der Waals surface area contributed by atoms with Gasteiger partial charge in [-0.05, 0) is 56.5 Å². The SMILES string of the molecule is COc1cccc(CCCNC(=O)[C@@H](C)N(c2ccc(C)cc2)S(C)(=O)=O)c1. The van der Waals surface area contributed by atoms with E-state index in [1.807, 2.05) is 43.3 Å². The highest BCUT2D eigenvalue weighted by atomic mass is 32.2. The molecule has 6 nitrogen and oxygen atoms in total. The zero-order valence-corrected chi connectivity index (χ0v) is 17.6. The van der Waals surface area contributed by atoms with Gasteiger partial charge in [0.05, 0.1) is 19.1 Å². The predicted octanol–water partition coefficient (Wildman–Crippen LogP) is 2.91. The number of carbonyl (C=O) groups is 1. The van der Waals surface area contributed by atoms with E-state index in [-0.39, 0.29) is 5.91 Å². The first kappa shape index (κ1) is 21.8. The van der Waals surface area contributed by atoms with Gasteiger partial charge in [-0.3, -0.25) is 9.10 Å². The Balaban J connectivity index is 1.96. The molecule has 0 heterocycles. The molecule has 0 radical (unpaired) electrons. The van der Waals surface area contributed by atoms with Crippen molar-refractivity contribution >= 4 is 21.6 Å². The number of aryl methyl sites for hydroxylation is 2. The summed E-state index contributed by atoms with van der Waals surface area (Å²) in [7, 11) is -1.97. The van der Waals surface area contributed by atoms with Crippen molar-refractivity contribution in [3.05, 3.63) is 59.7 Å². The lowest BCUT2D eigenvalue weighted by Gasteiger charge is -2.28. The maximum atomic E-state index is 12.5. The first-order chi connectivity index (χ1) is 13.2. The summed E-state index contributed by atoms with van der Waals surface area (Å²) in [5.74, 6) is 0.480. The molecule has 0 aliphatic heterocycles. The number of nitrogens with one attached hydrogen (secondary N) is 1. The number of amides is 1. The predicted molar refractivity (Wildman–Crippen MR) is 112 cm³/mol. The molecule has 0 saturated carbocycles. The van der Waals surface area contributed by atoms with E-state index in [1.54, 1.807) is 26.2 Å². The Morgan fingerprint density at radius 3 is 2.46 bits per heavy atom. The molecule has 28 heavy (non-hydrogen) atoms. The van der Waals surface area contributed by atoms with Crippen LogP contribution in [0.2, 0.25) is 0 Å². The number of benzene rings is 2. The van der Waals surface area contributed by atoms with Crippen LogP contribution in [0.1, 0.15) is 24.5 Å². The molecule has 2 aromatic rings. The number of anilines is 1. The van der Waals surface area contributed by atoms with Crippen molar-refractivity contribution in [1.82, 2.24) is 5.32 Å². The molecular formula is C21H28N2O4S. The number of sulfonamides is 1. The van der Waals surface area contributed by atoms with Gasteiger partial charge >= 0.3 is 0 Å². The number of nitrogens with zero attached hydrogens (tertiary/aromatic N) is 1. The fraction of sp³-hybridized carbons (Fsp3) is 0.381. The van der Waals surface area contributed by atoms with Crippen LogP contribution in [-0.2, 0) is 21.2 Å². The monoisotopic (exact) mass is 404 g/mol. The Labute approximate surface area is 167 Å². The van der Waals surface area contributed by atoms with Crippen molar-refractivity contribution in [1.29, 1.82) is 0 Å². The maximum absolute atomic E-state index is 12.5. The number of rotatable bonds is 9. The molecule has 0 saturated heterocycles. The summed E-state index contributed by atoms with van der Waals surface area (Å²) < 4.78 is 30.9. The Morgan fingerprint density at radius 2 is 1.86 bits per heavy atom. The van der Waals surface area contributed by atoms with E-state index in [1.165, 1.54) is 0 Å². The topological polar surface area (TPSA) is 75.7 Å². The van der Waals surface area contributed by atoms with Crippen LogP contribution in [0.3, 0.4) is 0 Å². The van der Waals surface area contributed by atoms with Crippen molar-refractivity contribution in [2.75, 3.05) is 24.2 Å². The van der Waals surface area contributed by atoms with Crippen LogP contribution >= 0.6 is 0 Å². The Bertz CT molecular complexity index is 895. The minimum atomic E-state index is -3.60. The van der Waals surface area contributed by atoms with Crippen molar-refractivity contribution in [2.24, 2.45) is 0 Å². The number of ether oxygens (including phenoxy) is 1. The standard InChI is InChI=1S/C21H28N2O4S/c1-16-10-12-19(13-11-16)23(28(4,25)26)17(2)21(24)22-14-6-8-18-7-5-9-20(15-18)27-3/h5,7,9-13,15,17H,6,8,14H2,1-4H3,(H,22,24)/t17-/m1/s1. The van der Waals surface area contributed by atoms with Crippen LogP contribution in [0.5, 0.6) is 5.75 Å². The third-order valence-electron chi connectivity index (χ3n) is 4.45. The summed E-state index contributed by atoms with van der Waals surface area (Å²) in [4.78, 5) is 12.5. The van der Waals surface area contributed by atoms with Gasteiger partial charge in [0, 0.05) is 6.54 Å².